The minimum Gasteiger partial charge on any atom is -0.481 e. The number of likely N-dealkylation sites (tertiary alicyclic amines) is 1. The van der Waals surface area contributed by atoms with Gasteiger partial charge in [0.25, 0.3) is 0 Å². The second-order valence-corrected chi connectivity index (χ2v) is 8.02. The average Bonchev–Trinajstić information content (AvgIpc) is 2.68. The molecule has 0 saturated carbocycles. The van der Waals surface area contributed by atoms with E-state index in [0.717, 1.165) is 5.56 Å². The molecule has 0 bridgehead atoms. The van der Waals surface area contributed by atoms with Crippen LogP contribution in [0.5, 0.6) is 0 Å². The second kappa shape index (κ2) is 9.68. The van der Waals surface area contributed by atoms with Crippen molar-refractivity contribution in [1.29, 1.82) is 0 Å². The number of carbonyl (C=O) groups excluding carboxylic acids is 2. The van der Waals surface area contributed by atoms with Crippen LogP contribution in [-0.4, -0.2) is 66.0 Å². The van der Waals surface area contributed by atoms with Crippen molar-refractivity contribution >= 4 is 17.8 Å². The molecular weight excluding hydrogens is 360 g/mol. The Kier molecular flexibility index (Phi) is 7.57. The average molecular weight is 390 g/mol. The number of carbonyl (C=O) groups is 3. The number of rotatable bonds is 8. The zero-order valence-electron chi connectivity index (χ0n) is 16.9. The van der Waals surface area contributed by atoms with E-state index < -0.39 is 11.4 Å². The van der Waals surface area contributed by atoms with Gasteiger partial charge in [-0.2, -0.15) is 0 Å². The minimum absolute atomic E-state index is 0.0152. The Bertz CT molecular complexity index is 681. The molecule has 7 heteroatoms. The summed E-state index contributed by atoms with van der Waals surface area (Å²) < 4.78 is 5.71. The number of ether oxygens (including phenoxy) is 1. The van der Waals surface area contributed by atoms with Gasteiger partial charge in [-0.1, -0.05) is 30.3 Å². The predicted molar refractivity (Wildman–Crippen MR) is 104 cm³/mol. The van der Waals surface area contributed by atoms with Crippen molar-refractivity contribution in [3.05, 3.63) is 35.9 Å². The molecule has 0 atom stereocenters. The van der Waals surface area contributed by atoms with Crippen LogP contribution in [0, 0.1) is 11.3 Å². The molecule has 0 aromatic heterocycles. The molecule has 1 aromatic rings. The topological polar surface area (TPSA) is 87.2 Å². The van der Waals surface area contributed by atoms with E-state index in [1.807, 2.05) is 30.3 Å². The van der Waals surface area contributed by atoms with E-state index in [2.05, 4.69) is 0 Å². The van der Waals surface area contributed by atoms with Crippen molar-refractivity contribution < 1.29 is 24.2 Å². The molecule has 7 nitrogen and oxygen atoms in total. The van der Waals surface area contributed by atoms with Crippen LogP contribution in [0.3, 0.4) is 0 Å². The van der Waals surface area contributed by atoms with Crippen molar-refractivity contribution in [2.45, 2.75) is 33.3 Å². The van der Waals surface area contributed by atoms with Gasteiger partial charge < -0.3 is 19.6 Å². The monoisotopic (exact) mass is 390 g/mol. The molecule has 1 aromatic carbocycles. The summed E-state index contributed by atoms with van der Waals surface area (Å²) in [5.74, 6) is -1.50. The summed E-state index contributed by atoms with van der Waals surface area (Å²) in [7, 11) is 1.61. The molecule has 0 spiro atoms. The fourth-order valence-electron chi connectivity index (χ4n) is 3.33. The molecule has 1 aliphatic heterocycles. The highest BCUT2D eigenvalue weighted by Crippen LogP contribution is 2.21. The molecule has 1 N–H and O–H groups in total. The summed E-state index contributed by atoms with van der Waals surface area (Å²) in [6, 6.07) is 9.74. The van der Waals surface area contributed by atoms with Crippen LogP contribution in [0.15, 0.2) is 30.3 Å². The molecule has 2 amide bonds. The lowest BCUT2D eigenvalue weighted by Gasteiger charge is -2.33. The van der Waals surface area contributed by atoms with Crippen LogP contribution in [0.1, 0.15) is 32.3 Å². The van der Waals surface area contributed by atoms with E-state index in [0.29, 0.717) is 32.5 Å². The van der Waals surface area contributed by atoms with Gasteiger partial charge in [-0.15, -0.1) is 0 Å². The maximum Gasteiger partial charge on any atom is 0.306 e. The number of carboxylic acid groups (broad SMARTS) is 1. The summed E-state index contributed by atoms with van der Waals surface area (Å²) in [4.78, 5) is 39.3. The lowest BCUT2D eigenvalue weighted by molar-refractivity contribution is -0.149. The van der Waals surface area contributed by atoms with Crippen molar-refractivity contribution in [2.24, 2.45) is 11.3 Å². The number of piperidine rings is 1. The molecule has 1 saturated heterocycles. The highest BCUT2D eigenvalue weighted by molar-refractivity contribution is 5.87. The summed E-state index contributed by atoms with van der Waals surface area (Å²) in [6.45, 7) is 5.11. The summed E-state index contributed by atoms with van der Waals surface area (Å²) >= 11 is 0. The molecule has 1 heterocycles. The predicted octanol–water partition coefficient (Wildman–Crippen LogP) is 2.01. The van der Waals surface area contributed by atoms with Crippen LogP contribution < -0.4 is 0 Å². The lowest BCUT2D eigenvalue weighted by Crippen LogP contribution is -2.48. The zero-order chi connectivity index (χ0) is 20.7. The first-order chi connectivity index (χ1) is 13.2. The van der Waals surface area contributed by atoms with Crippen LogP contribution in [0.2, 0.25) is 0 Å². The van der Waals surface area contributed by atoms with Crippen molar-refractivity contribution in [3.8, 4) is 0 Å². The Morgan fingerprint density at radius 2 is 1.79 bits per heavy atom. The van der Waals surface area contributed by atoms with Gasteiger partial charge >= 0.3 is 5.97 Å². The normalized spacial score (nSPS) is 15.3. The highest BCUT2D eigenvalue weighted by atomic mass is 16.5. The molecule has 2 rings (SSSR count). The smallest absolute Gasteiger partial charge is 0.306 e. The molecule has 28 heavy (non-hydrogen) atoms. The van der Waals surface area contributed by atoms with E-state index in [1.54, 1.807) is 25.8 Å². The molecular formula is C21H30N2O5. The third kappa shape index (κ3) is 6.05. The first kappa shape index (κ1) is 21.9. The van der Waals surface area contributed by atoms with Gasteiger partial charge in [0.2, 0.25) is 11.8 Å². The molecule has 0 aliphatic carbocycles. The van der Waals surface area contributed by atoms with Crippen LogP contribution in [0.4, 0.5) is 0 Å². The molecule has 0 radical (unpaired) electrons. The van der Waals surface area contributed by atoms with Gasteiger partial charge in [0.05, 0.1) is 31.1 Å². The fourth-order valence-corrected chi connectivity index (χ4v) is 3.33. The summed E-state index contributed by atoms with van der Waals surface area (Å²) in [6.07, 6.45) is 0.912. The number of nitrogens with zero attached hydrogens (tertiary/aromatic N) is 2. The third-order valence-corrected chi connectivity index (χ3v) is 5.07. The van der Waals surface area contributed by atoms with Gasteiger partial charge in [0.15, 0.2) is 0 Å². The van der Waals surface area contributed by atoms with Crippen molar-refractivity contribution in [3.63, 3.8) is 0 Å². The fraction of sp³-hybridized carbons (Fsp3) is 0.571. The highest BCUT2D eigenvalue weighted by Gasteiger charge is 2.33. The zero-order valence-corrected chi connectivity index (χ0v) is 16.9. The number of hydrogen-bond acceptors (Lipinski definition) is 4. The number of likely N-dealkylation sites (N-methyl/N-ethyl adjacent to an activating group) is 1. The Labute approximate surface area is 166 Å². The van der Waals surface area contributed by atoms with Crippen LogP contribution in [0.25, 0.3) is 0 Å². The van der Waals surface area contributed by atoms with E-state index in [-0.39, 0.29) is 30.9 Å². The first-order valence-electron chi connectivity index (χ1n) is 9.58. The molecule has 1 aliphatic rings. The molecule has 1 fully saturated rings. The van der Waals surface area contributed by atoms with Gasteiger partial charge in [-0.3, -0.25) is 14.4 Å². The number of aliphatic carboxylic acids is 1. The Hall–Kier alpha value is -2.41. The largest absolute Gasteiger partial charge is 0.481 e. The van der Waals surface area contributed by atoms with E-state index in [1.165, 1.54) is 4.90 Å². The quantitative estimate of drug-likeness (QED) is 0.734. The maximum atomic E-state index is 12.8. The Morgan fingerprint density at radius 3 is 2.36 bits per heavy atom. The SMILES string of the molecule is CN(CC(=O)N1CCC(C(=O)O)CC1)C(=O)C(C)(C)COCc1ccccc1. The number of hydrogen-bond donors (Lipinski definition) is 1. The summed E-state index contributed by atoms with van der Waals surface area (Å²) in [5.41, 5.74) is 0.291. The van der Waals surface area contributed by atoms with Gasteiger partial charge in [0.1, 0.15) is 0 Å². The van der Waals surface area contributed by atoms with E-state index in [4.69, 9.17) is 9.84 Å². The molecule has 154 valence electrons. The van der Waals surface area contributed by atoms with Crippen molar-refractivity contribution in [1.82, 2.24) is 9.80 Å². The van der Waals surface area contributed by atoms with Gasteiger partial charge in [-0.25, -0.2) is 0 Å². The lowest BCUT2D eigenvalue weighted by atomic mass is 9.92. The maximum absolute atomic E-state index is 12.8. The number of carboxylic acids is 1. The minimum atomic E-state index is -0.809. The van der Waals surface area contributed by atoms with E-state index in [9.17, 15) is 14.4 Å². The Morgan fingerprint density at radius 1 is 1.18 bits per heavy atom. The van der Waals surface area contributed by atoms with Crippen LogP contribution >= 0.6 is 0 Å². The Balaban J connectivity index is 1.80. The molecule has 0 unspecified atom stereocenters. The van der Waals surface area contributed by atoms with Gasteiger partial charge in [0, 0.05) is 20.1 Å². The van der Waals surface area contributed by atoms with Crippen LogP contribution in [-0.2, 0) is 25.7 Å². The summed E-state index contributed by atoms with van der Waals surface area (Å²) in [5, 5.41) is 9.05. The van der Waals surface area contributed by atoms with Gasteiger partial charge in [-0.05, 0) is 32.3 Å². The number of benzene rings is 1. The standard InChI is InChI=1S/C21H30N2O5/c1-21(2,15-28-14-16-7-5-4-6-8-16)20(27)22(3)13-18(24)23-11-9-17(10-12-23)19(25)26/h4-8,17H,9-15H2,1-3H3,(H,25,26). The number of amides is 2. The third-order valence-electron chi connectivity index (χ3n) is 5.07. The van der Waals surface area contributed by atoms with E-state index >= 15 is 0 Å². The second-order valence-electron chi connectivity index (χ2n) is 8.02. The first-order valence-corrected chi connectivity index (χ1v) is 9.58. The van der Waals surface area contributed by atoms with Crippen molar-refractivity contribution in [2.75, 3.05) is 33.3 Å².